The Labute approximate surface area is 104 Å². The molecular formula is C8H18N6O4. The van der Waals surface area contributed by atoms with Crippen molar-refractivity contribution in [3.63, 3.8) is 0 Å². The number of aliphatic carboxylic acids is 2. The summed E-state index contributed by atoms with van der Waals surface area (Å²) in [4.78, 5) is 22.1. The Morgan fingerprint density at radius 3 is 1.22 bits per heavy atom. The van der Waals surface area contributed by atoms with Gasteiger partial charge in [0.2, 0.25) is 0 Å². The highest BCUT2D eigenvalue weighted by molar-refractivity contribution is 5.80. The smallest absolute Gasteiger partial charge is 0.323 e. The van der Waals surface area contributed by atoms with Crippen molar-refractivity contribution in [2.75, 3.05) is 27.2 Å². The van der Waals surface area contributed by atoms with Gasteiger partial charge in [0.15, 0.2) is 11.9 Å². The monoisotopic (exact) mass is 262 g/mol. The van der Waals surface area contributed by atoms with E-state index in [-0.39, 0.29) is 25.0 Å². The topological polar surface area (TPSA) is 181 Å². The van der Waals surface area contributed by atoms with Gasteiger partial charge in [-0.2, -0.15) is 0 Å². The van der Waals surface area contributed by atoms with Gasteiger partial charge < -0.3 is 31.5 Å². The third kappa shape index (κ3) is 11.6. The molecule has 0 heterocycles. The molecule has 0 saturated carbocycles. The van der Waals surface area contributed by atoms with Crippen LogP contribution in [0.25, 0.3) is 0 Å². The van der Waals surface area contributed by atoms with Gasteiger partial charge in [-0.1, -0.05) is 0 Å². The van der Waals surface area contributed by atoms with Crippen LogP contribution >= 0.6 is 0 Å². The fourth-order valence-corrected chi connectivity index (χ4v) is 0.576. The summed E-state index contributed by atoms with van der Waals surface area (Å²) < 4.78 is 0. The van der Waals surface area contributed by atoms with E-state index in [9.17, 15) is 9.59 Å². The summed E-state index contributed by atoms with van der Waals surface area (Å²) in [6.07, 6.45) is 0. The molecule has 0 rings (SSSR count). The number of nitrogens with one attached hydrogen (secondary N) is 2. The molecule has 18 heavy (non-hydrogen) atoms. The first-order valence-corrected chi connectivity index (χ1v) is 4.61. The second-order valence-electron chi connectivity index (χ2n) is 3.27. The number of likely N-dealkylation sites (N-methyl/N-ethyl adjacent to an activating group) is 2. The molecule has 0 fully saturated rings. The first-order chi connectivity index (χ1) is 8.07. The number of hydrogen-bond acceptors (Lipinski definition) is 4. The van der Waals surface area contributed by atoms with E-state index in [1.165, 1.54) is 14.1 Å². The average molecular weight is 262 g/mol. The lowest BCUT2D eigenvalue weighted by Gasteiger charge is -2.12. The quantitative estimate of drug-likeness (QED) is 0.243. The number of carbonyl (C=O) groups is 2. The van der Waals surface area contributed by atoms with E-state index in [1.54, 1.807) is 0 Å². The van der Waals surface area contributed by atoms with Crippen LogP contribution in [0, 0.1) is 10.8 Å². The van der Waals surface area contributed by atoms with Crippen LogP contribution in [-0.4, -0.2) is 71.1 Å². The molecule has 0 aromatic rings. The molecule has 0 bridgehead atoms. The largest absolute Gasteiger partial charge is 0.480 e. The molecule has 10 nitrogen and oxygen atoms in total. The summed E-state index contributed by atoms with van der Waals surface area (Å²) in [6.45, 7) is -0.454. The molecule has 0 aromatic carbocycles. The van der Waals surface area contributed by atoms with Crippen LogP contribution < -0.4 is 11.5 Å². The Morgan fingerprint density at radius 2 is 1.17 bits per heavy atom. The van der Waals surface area contributed by atoms with Crippen molar-refractivity contribution in [3.05, 3.63) is 0 Å². The van der Waals surface area contributed by atoms with Crippen molar-refractivity contribution in [3.8, 4) is 0 Å². The molecule has 0 amide bonds. The van der Waals surface area contributed by atoms with Crippen molar-refractivity contribution in [2.24, 2.45) is 11.5 Å². The molecule has 0 atom stereocenters. The molecular weight excluding hydrogens is 244 g/mol. The van der Waals surface area contributed by atoms with Crippen molar-refractivity contribution in [2.45, 2.75) is 0 Å². The molecule has 0 aliphatic rings. The number of nitrogens with two attached hydrogens (primary N) is 2. The third-order valence-corrected chi connectivity index (χ3v) is 1.57. The normalized spacial score (nSPS) is 8.56. The lowest BCUT2D eigenvalue weighted by Crippen LogP contribution is -2.36. The van der Waals surface area contributed by atoms with E-state index < -0.39 is 11.9 Å². The first kappa shape index (κ1) is 17.9. The molecule has 0 spiro atoms. The molecule has 104 valence electrons. The van der Waals surface area contributed by atoms with Gasteiger partial charge in [0.05, 0.1) is 0 Å². The zero-order valence-corrected chi connectivity index (χ0v) is 10.2. The van der Waals surface area contributed by atoms with Crippen LogP contribution in [0.2, 0.25) is 0 Å². The number of nitrogens with zero attached hydrogens (tertiary/aromatic N) is 2. The van der Waals surface area contributed by atoms with E-state index >= 15 is 0 Å². The van der Waals surface area contributed by atoms with E-state index in [2.05, 4.69) is 0 Å². The maximum Gasteiger partial charge on any atom is 0.323 e. The summed E-state index contributed by atoms with van der Waals surface area (Å²) in [6, 6.07) is 0. The van der Waals surface area contributed by atoms with Crippen LogP contribution in [0.15, 0.2) is 0 Å². The Balaban J connectivity index is 0. The van der Waals surface area contributed by atoms with Crippen LogP contribution in [0.3, 0.4) is 0 Å². The minimum Gasteiger partial charge on any atom is -0.480 e. The third-order valence-electron chi connectivity index (χ3n) is 1.57. The number of guanidine groups is 2. The molecule has 0 radical (unpaired) electrons. The van der Waals surface area contributed by atoms with Crippen molar-refractivity contribution in [1.29, 1.82) is 10.8 Å². The SMILES string of the molecule is CN(CC(=O)O)C(=N)N.CN(CC(=O)O)C(=N)N. The Hall–Kier alpha value is -2.52. The van der Waals surface area contributed by atoms with Gasteiger partial charge in [-0.15, -0.1) is 0 Å². The molecule has 8 N–H and O–H groups in total. The van der Waals surface area contributed by atoms with Gasteiger partial charge in [-0.3, -0.25) is 20.4 Å². The molecule has 0 aliphatic heterocycles. The second kappa shape index (κ2) is 8.61. The lowest BCUT2D eigenvalue weighted by atomic mass is 10.6. The van der Waals surface area contributed by atoms with Gasteiger partial charge in [0.25, 0.3) is 0 Å². The van der Waals surface area contributed by atoms with E-state index in [1.807, 2.05) is 0 Å². The maximum atomic E-state index is 9.92. The maximum absolute atomic E-state index is 9.92. The van der Waals surface area contributed by atoms with Crippen LogP contribution in [0.4, 0.5) is 0 Å². The van der Waals surface area contributed by atoms with Crippen LogP contribution in [0.1, 0.15) is 0 Å². The first-order valence-electron chi connectivity index (χ1n) is 4.61. The zero-order valence-electron chi connectivity index (χ0n) is 10.2. The summed E-state index contributed by atoms with van der Waals surface area (Å²) in [5.74, 6) is -2.46. The number of carboxylic acids is 2. The summed E-state index contributed by atoms with van der Waals surface area (Å²) in [5.41, 5.74) is 9.86. The fourth-order valence-electron chi connectivity index (χ4n) is 0.576. The van der Waals surface area contributed by atoms with Gasteiger partial charge >= 0.3 is 11.9 Å². The number of rotatable bonds is 4. The molecule has 0 aromatic heterocycles. The van der Waals surface area contributed by atoms with Gasteiger partial charge in [0, 0.05) is 14.1 Å². The summed E-state index contributed by atoms with van der Waals surface area (Å²) >= 11 is 0. The predicted octanol–water partition coefficient (Wildman–Crippen LogP) is -2.21. The average Bonchev–Trinajstić information content (AvgIpc) is 2.16. The van der Waals surface area contributed by atoms with Gasteiger partial charge in [-0.05, 0) is 0 Å². The zero-order chi connectivity index (χ0) is 14.9. The fraction of sp³-hybridized carbons (Fsp3) is 0.500. The predicted molar refractivity (Wildman–Crippen MR) is 64.4 cm³/mol. The summed E-state index contributed by atoms with van der Waals surface area (Å²) in [5, 5.41) is 29.7. The van der Waals surface area contributed by atoms with E-state index in [0.717, 1.165) is 9.80 Å². The lowest BCUT2D eigenvalue weighted by molar-refractivity contribution is -0.138. The standard InChI is InChI=1S/2C4H9N3O2/c2*1-7(4(5)6)2-3(8)9/h2*2H2,1H3,(H3,5,6)(H,8,9). The summed E-state index contributed by atoms with van der Waals surface area (Å²) in [7, 11) is 2.88. The van der Waals surface area contributed by atoms with Crippen LogP contribution in [-0.2, 0) is 9.59 Å². The minimum absolute atomic E-state index is 0.227. The minimum atomic E-state index is -0.993. The Bertz CT molecular complexity index is 300. The highest BCUT2D eigenvalue weighted by Crippen LogP contribution is 1.77. The second-order valence-corrected chi connectivity index (χ2v) is 3.27. The molecule has 0 aliphatic carbocycles. The Kier molecular flexibility index (Phi) is 8.55. The Morgan fingerprint density at radius 1 is 0.944 bits per heavy atom. The number of hydrogen-bond donors (Lipinski definition) is 6. The molecule has 10 heteroatoms. The van der Waals surface area contributed by atoms with E-state index in [4.69, 9.17) is 32.5 Å². The van der Waals surface area contributed by atoms with Crippen molar-refractivity contribution < 1.29 is 19.8 Å². The highest BCUT2D eigenvalue weighted by atomic mass is 16.4. The van der Waals surface area contributed by atoms with Crippen molar-refractivity contribution in [1.82, 2.24) is 9.80 Å². The highest BCUT2D eigenvalue weighted by Gasteiger charge is 2.03. The van der Waals surface area contributed by atoms with Crippen molar-refractivity contribution >= 4 is 23.9 Å². The number of carboxylic acid groups (broad SMARTS) is 2. The van der Waals surface area contributed by atoms with Gasteiger partial charge in [0.1, 0.15) is 13.1 Å². The van der Waals surface area contributed by atoms with Crippen LogP contribution in [0.5, 0.6) is 0 Å². The van der Waals surface area contributed by atoms with E-state index in [0.29, 0.717) is 0 Å². The molecule has 0 unspecified atom stereocenters. The molecule has 0 saturated heterocycles. The van der Waals surface area contributed by atoms with Gasteiger partial charge in [-0.25, -0.2) is 0 Å².